The first-order valence-electron chi connectivity index (χ1n) is 21.5. The summed E-state index contributed by atoms with van der Waals surface area (Å²) >= 11 is 0. The maximum absolute atomic E-state index is 14.0. The van der Waals surface area contributed by atoms with Crippen LogP contribution in [-0.2, 0) is 27.3 Å². The van der Waals surface area contributed by atoms with Crippen LogP contribution >= 0.6 is 0 Å². The van der Waals surface area contributed by atoms with E-state index >= 15 is 0 Å². The summed E-state index contributed by atoms with van der Waals surface area (Å²) in [5, 5.41) is 2.98. The molecule has 2 aliphatic heterocycles. The van der Waals surface area contributed by atoms with Crippen molar-refractivity contribution in [1.82, 2.24) is 9.80 Å². The number of rotatable bonds is 16. The number of methoxy groups -OCH3 is 1. The van der Waals surface area contributed by atoms with Crippen LogP contribution in [0.2, 0.25) is 0 Å². The third-order valence-electron chi connectivity index (χ3n) is 11.1. The van der Waals surface area contributed by atoms with Crippen LogP contribution < -0.4 is 24.6 Å². The molecule has 13 heteroatoms. The predicted molar refractivity (Wildman–Crippen MR) is 242 cm³/mol. The normalized spacial score (nSPS) is 15.2. The van der Waals surface area contributed by atoms with Crippen molar-refractivity contribution < 1.29 is 38.1 Å². The predicted octanol–water partition coefficient (Wildman–Crippen LogP) is 8.13. The van der Waals surface area contributed by atoms with Gasteiger partial charge in [-0.2, -0.15) is 0 Å². The standard InChI is InChI=1S/C49H61N5O8/c1-34-20-23-42(44(29-34)61-28-13-9-12-19-45(55)53-26-24-51(5)25-27-53)52(6)47(57)36-21-22-40(43(30-36)59-7)50-46(56)38-17-14-18-41-39(38)31-37(54(41)48(58)62-49(2,3)4)33-60-32-35-15-10-8-11-16-35/h8,10-11,14-18,20-23,29-30,37H,9,12-13,19,24-28,31-33H2,1-7H3,(H,50,56). The number of carbonyl (C=O) groups is 4. The molecule has 0 saturated carbocycles. The van der Waals surface area contributed by atoms with Crippen molar-refractivity contribution in [3.05, 3.63) is 113 Å². The molecule has 1 saturated heterocycles. The second kappa shape index (κ2) is 20.8. The van der Waals surface area contributed by atoms with Crippen molar-refractivity contribution in [1.29, 1.82) is 0 Å². The Bertz CT molecular complexity index is 2200. The van der Waals surface area contributed by atoms with Crippen molar-refractivity contribution in [3.63, 3.8) is 0 Å². The summed E-state index contributed by atoms with van der Waals surface area (Å²) < 4.78 is 23.8. The number of likely N-dealkylation sites (N-methyl/N-ethyl adjacent to an activating group) is 1. The molecular formula is C49H61N5O8. The number of benzene rings is 4. The zero-order valence-electron chi connectivity index (χ0n) is 37.2. The molecule has 6 rings (SSSR count). The minimum Gasteiger partial charge on any atom is -0.495 e. The first kappa shape index (κ1) is 45.6. The van der Waals surface area contributed by atoms with Crippen molar-refractivity contribution >= 4 is 40.9 Å². The number of carbonyl (C=O) groups excluding carboxylic acids is 4. The van der Waals surface area contributed by atoms with E-state index in [1.54, 1.807) is 47.2 Å². The van der Waals surface area contributed by atoms with Crippen molar-refractivity contribution in [2.75, 3.05) is 75.7 Å². The summed E-state index contributed by atoms with van der Waals surface area (Å²) in [7, 11) is 5.26. The molecule has 0 aromatic heterocycles. The number of ether oxygens (including phenoxy) is 4. The smallest absolute Gasteiger partial charge is 0.415 e. The number of fused-ring (bicyclic) bond motifs is 1. The molecule has 0 spiro atoms. The molecule has 1 fully saturated rings. The zero-order valence-corrected chi connectivity index (χ0v) is 37.2. The lowest BCUT2D eigenvalue weighted by Crippen LogP contribution is -2.47. The van der Waals surface area contributed by atoms with E-state index in [4.69, 9.17) is 18.9 Å². The van der Waals surface area contributed by atoms with Crippen LogP contribution in [0, 0.1) is 6.92 Å². The van der Waals surface area contributed by atoms with E-state index < -0.39 is 23.6 Å². The Hall–Kier alpha value is -5.92. The molecule has 4 aromatic rings. The van der Waals surface area contributed by atoms with Gasteiger partial charge in [0.15, 0.2) is 0 Å². The molecule has 62 heavy (non-hydrogen) atoms. The van der Waals surface area contributed by atoms with Gasteiger partial charge in [-0.1, -0.05) is 42.5 Å². The molecule has 13 nitrogen and oxygen atoms in total. The Morgan fingerprint density at radius 1 is 0.855 bits per heavy atom. The quantitative estimate of drug-likeness (QED) is 0.111. The van der Waals surface area contributed by atoms with Gasteiger partial charge in [0.1, 0.15) is 17.1 Å². The Morgan fingerprint density at radius 3 is 2.34 bits per heavy atom. The van der Waals surface area contributed by atoms with Gasteiger partial charge in [0, 0.05) is 50.8 Å². The third kappa shape index (κ3) is 11.7. The fourth-order valence-corrected chi connectivity index (χ4v) is 7.72. The highest BCUT2D eigenvalue weighted by Crippen LogP contribution is 2.37. The SMILES string of the molecule is COc1cc(C(=O)N(C)c2ccc(C)cc2OCCCCCC(=O)N2CCN(C)CC2)ccc1NC(=O)c1cccc2c1CC(COCc1ccccc1)N2C(=O)OC(C)(C)C. The monoisotopic (exact) mass is 847 g/mol. The van der Waals surface area contributed by atoms with Gasteiger partial charge in [-0.15, -0.1) is 0 Å². The van der Waals surface area contributed by atoms with Gasteiger partial charge in [-0.05, 0) is 120 Å². The van der Waals surface area contributed by atoms with Gasteiger partial charge in [0.05, 0.1) is 50.0 Å². The lowest BCUT2D eigenvalue weighted by Gasteiger charge is -2.32. The van der Waals surface area contributed by atoms with Crippen LogP contribution in [0.1, 0.15) is 83.9 Å². The minimum absolute atomic E-state index is 0.217. The number of aryl methyl sites for hydroxylation is 1. The average Bonchev–Trinajstić information content (AvgIpc) is 3.63. The summed E-state index contributed by atoms with van der Waals surface area (Å²) in [6.45, 7) is 11.9. The molecule has 4 amide bonds. The number of amides is 4. The summed E-state index contributed by atoms with van der Waals surface area (Å²) in [6.07, 6.45) is 2.85. The van der Waals surface area contributed by atoms with E-state index in [1.165, 1.54) is 7.11 Å². The van der Waals surface area contributed by atoms with Crippen LogP contribution in [-0.4, -0.2) is 106 Å². The molecule has 1 atom stereocenters. The minimum atomic E-state index is -0.728. The Labute approximate surface area is 365 Å². The van der Waals surface area contributed by atoms with E-state index in [1.807, 2.05) is 87.2 Å². The number of hydrogen-bond acceptors (Lipinski definition) is 9. The molecule has 2 heterocycles. The van der Waals surface area contributed by atoms with E-state index in [-0.39, 0.29) is 18.4 Å². The maximum atomic E-state index is 14.0. The number of unbranched alkanes of at least 4 members (excludes halogenated alkanes) is 2. The molecule has 1 unspecified atom stereocenters. The molecule has 0 bridgehead atoms. The number of nitrogens with one attached hydrogen (secondary N) is 1. The summed E-state index contributed by atoms with van der Waals surface area (Å²) in [5.74, 6) is 0.431. The number of piperazine rings is 1. The van der Waals surface area contributed by atoms with Crippen molar-refractivity contribution in [3.8, 4) is 11.5 Å². The summed E-state index contributed by atoms with van der Waals surface area (Å²) in [6, 6.07) is 25.3. The fraction of sp³-hybridized carbons (Fsp3) is 0.429. The highest BCUT2D eigenvalue weighted by atomic mass is 16.6. The van der Waals surface area contributed by atoms with Crippen molar-refractivity contribution in [2.24, 2.45) is 0 Å². The van der Waals surface area contributed by atoms with Gasteiger partial charge >= 0.3 is 6.09 Å². The topological polar surface area (TPSA) is 130 Å². The highest BCUT2D eigenvalue weighted by molar-refractivity contribution is 6.10. The fourth-order valence-electron chi connectivity index (χ4n) is 7.72. The van der Waals surface area contributed by atoms with E-state index in [0.717, 1.165) is 56.6 Å². The highest BCUT2D eigenvalue weighted by Gasteiger charge is 2.39. The molecule has 0 aliphatic carbocycles. The summed E-state index contributed by atoms with van der Waals surface area (Å²) in [5.41, 5.74) is 4.31. The Morgan fingerprint density at radius 2 is 1.61 bits per heavy atom. The third-order valence-corrected chi connectivity index (χ3v) is 11.1. The van der Waals surface area contributed by atoms with Gasteiger partial charge < -0.3 is 39.0 Å². The van der Waals surface area contributed by atoms with Crippen LogP contribution in [0.15, 0.2) is 84.9 Å². The van der Waals surface area contributed by atoms with E-state index in [0.29, 0.717) is 71.3 Å². The molecule has 4 aromatic carbocycles. The second-order valence-corrected chi connectivity index (χ2v) is 17.1. The first-order valence-corrected chi connectivity index (χ1v) is 21.5. The largest absolute Gasteiger partial charge is 0.495 e. The van der Waals surface area contributed by atoms with Gasteiger partial charge in [-0.25, -0.2) is 4.79 Å². The molecule has 1 N–H and O–H groups in total. The number of anilines is 3. The molecule has 330 valence electrons. The summed E-state index contributed by atoms with van der Waals surface area (Å²) in [4.78, 5) is 61.6. The molecule has 2 aliphatic rings. The van der Waals surface area contributed by atoms with Crippen molar-refractivity contribution in [2.45, 2.75) is 78.0 Å². The number of nitrogens with zero attached hydrogens (tertiary/aromatic N) is 4. The van der Waals surface area contributed by atoms with E-state index in [9.17, 15) is 19.2 Å². The van der Waals surface area contributed by atoms with Crippen LogP contribution in [0.5, 0.6) is 11.5 Å². The van der Waals surface area contributed by atoms with Crippen LogP contribution in [0.3, 0.4) is 0 Å². The lowest BCUT2D eigenvalue weighted by molar-refractivity contribution is -0.132. The van der Waals surface area contributed by atoms with Crippen LogP contribution in [0.25, 0.3) is 0 Å². The number of hydrogen-bond donors (Lipinski definition) is 1. The van der Waals surface area contributed by atoms with E-state index in [2.05, 4.69) is 17.3 Å². The maximum Gasteiger partial charge on any atom is 0.415 e. The average molecular weight is 848 g/mol. The second-order valence-electron chi connectivity index (χ2n) is 17.1. The molecular weight excluding hydrogens is 787 g/mol. The Kier molecular flexibility index (Phi) is 15.3. The molecule has 0 radical (unpaired) electrons. The zero-order chi connectivity index (χ0) is 44.4. The van der Waals surface area contributed by atoms with Gasteiger partial charge in [0.2, 0.25) is 5.91 Å². The van der Waals surface area contributed by atoms with Crippen LogP contribution in [0.4, 0.5) is 21.9 Å². The van der Waals surface area contributed by atoms with Gasteiger partial charge in [0.25, 0.3) is 11.8 Å². The first-order chi connectivity index (χ1) is 29.7. The van der Waals surface area contributed by atoms with Gasteiger partial charge in [-0.3, -0.25) is 19.3 Å². The Balaban J connectivity index is 1.10. The lowest BCUT2D eigenvalue weighted by atomic mass is 10.0.